The summed E-state index contributed by atoms with van der Waals surface area (Å²) in [4.78, 5) is 11.1. The molecule has 0 amide bonds. The van der Waals surface area contributed by atoms with Crippen molar-refractivity contribution in [2.24, 2.45) is 0 Å². The third kappa shape index (κ3) is 6.16. The molecule has 3 aromatic carbocycles. The largest absolute Gasteiger partial charge is 0.486 e. The summed E-state index contributed by atoms with van der Waals surface area (Å²) < 4.78 is 21.0. The number of halogens is 3. The highest BCUT2D eigenvalue weighted by atomic mass is 35.5. The van der Waals surface area contributed by atoms with Gasteiger partial charge in [0.1, 0.15) is 23.5 Å². The molecule has 7 nitrogen and oxygen atoms in total. The van der Waals surface area contributed by atoms with Crippen LogP contribution in [0.5, 0.6) is 5.75 Å². The van der Waals surface area contributed by atoms with Crippen molar-refractivity contribution in [1.29, 1.82) is 0 Å². The molecule has 0 aliphatic carbocycles. The van der Waals surface area contributed by atoms with Gasteiger partial charge in [-0.15, -0.1) is 10.2 Å². The molecule has 186 valence electrons. The van der Waals surface area contributed by atoms with E-state index >= 15 is 0 Å². The van der Waals surface area contributed by atoms with Gasteiger partial charge in [-0.25, -0.2) is 4.39 Å². The van der Waals surface area contributed by atoms with Crippen LogP contribution in [0, 0.1) is 29.8 Å². The van der Waals surface area contributed by atoms with Crippen LogP contribution in [0.3, 0.4) is 0 Å². The molecule has 0 fully saturated rings. The highest BCUT2D eigenvalue weighted by Crippen LogP contribution is 2.42. The maximum atomic E-state index is 13.5. The first-order valence-electron chi connectivity index (χ1n) is 10.8. The number of hydrogen-bond donors (Lipinski definition) is 0. The lowest BCUT2D eigenvalue weighted by molar-refractivity contribution is -0.479. The van der Waals surface area contributed by atoms with Crippen LogP contribution in [-0.2, 0) is 6.61 Å². The smallest absolute Gasteiger partial charge is 0.220 e. The molecule has 4 rings (SSSR count). The topological polar surface area (TPSA) is 83.1 Å². The summed E-state index contributed by atoms with van der Waals surface area (Å²) in [5, 5.41) is 20.2. The standard InChI is InChI=1S/C25H21Cl2FN4O3S/c1-15-5-3-8-20(9-15)32-16(2)29-30-25(32)36-23(13-31(33)34)18-11-21(26)24(22(27)12-18)35-14-17-6-4-7-19(28)10-17/h3-12,23H,13-14H2,1-2H3/t23-/m1/s1. The lowest BCUT2D eigenvalue weighted by atomic mass is 10.1. The lowest BCUT2D eigenvalue weighted by Gasteiger charge is -2.17. The molecule has 1 atom stereocenters. The number of nitro groups is 1. The van der Waals surface area contributed by atoms with E-state index in [1.165, 1.54) is 23.9 Å². The van der Waals surface area contributed by atoms with Crippen molar-refractivity contribution >= 4 is 35.0 Å². The second-order valence-electron chi connectivity index (χ2n) is 8.06. The Morgan fingerprint density at radius 2 is 1.81 bits per heavy atom. The molecule has 0 saturated carbocycles. The Balaban J connectivity index is 1.62. The van der Waals surface area contributed by atoms with E-state index in [9.17, 15) is 14.5 Å². The zero-order valence-corrected chi connectivity index (χ0v) is 21.6. The zero-order chi connectivity index (χ0) is 25.8. The second kappa shape index (κ2) is 11.3. The minimum atomic E-state index is -0.653. The number of rotatable bonds is 9. The Hall–Kier alpha value is -3.14. The van der Waals surface area contributed by atoms with E-state index in [2.05, 4.69) is 10.2 Å². The number of ether oxygens (including phenoxy) is 1. The van der Waals surface area contributed by atoms with Gasteiger partial charge in [0.15, 0.2) is 10.9 Å². The Kier molecular flexibility index (Phi) is 8.13. The average Bonchev–Trinajstić information content (AvgIpc) is 3.17. The molecule has 0 N–H and O–H groups in total. The number of thioether (sulfide) groups is 1. The fourth-order valence-corrected chi connectivity index (χ4v) is 5.41. The van der Waals surface area contributed by atoms with E-state index in [0.29, 0.717) is 22.1 Å². The minimum absolute atomic E-state index is 0.0580. The van der Waals surface area contributed by atoms with Gasteiger partial charge >= 0.3 is 0 Å². The Morgan fingerprint density at radius 3 is 2.47 bits per heavy atom. The van der Waals surface area contributed by atoms with Crippen LogP contribution in [0.25, 0.3) is 5.69 Å². The van der Waals surface area contributed by atoms with Crippen molar-refractivity contribution in [3.05, 3.63) is 109 Å². The summed E-state index contributed by atoms with van der Waals surface area (Å²) in [5.41, 5.74) is 3.07. The zero-order valence-electron chi connectivity index (χ0n) is 19.3. The van der Waals surface area contributed by atoms with Gasteiger partial charge in [0, 0.05) is 10.6 Å². The summed E-state index contributed by atoms with van der Waals surface area (Å²) in [6, 6.07) is 17.0. The first-order chi connectivity index (χ1) is 17.2. The SMILES string of the molecule is Cc1cccc(-n2c(C)nnc2S[C@H](C[N+](=O)[O-])c2cc(Cl)c(OCc3cccc(F)c3)c(Cl)c2)c1. The van der Waals surface area contributed by atoms with Gasteiger partial charge in [0.2, 0.25) is 6.54 Å². The highest BCUT2D eigenvalue weighted by molar-refractivity contribution is 7.99. The molecule has 1 heterocycles. The highest BCUT2D eigenvalue weighted by Gasteiger charge is 2.26. The van der Waals surface area contributed by atoms with E-state index in [1.807, 2.05) is 42.7 Å². The number of aryl methyl sites for hydroxylation is 2. The number of benzene rings is 3. The van der Waals surface area contributed by atoms with Gasteiger partial charge in [-0.05, 0) is 66.9 Å². The van der Waals surface area contributed by atoms with Gasteiger partial charge in [0.25, 0.3) is 0 Å². The van der Waals surface area contributed by atoms with E-state index in [4.69, 9.17) is 27.9 Å². The van der Waals surface area contributed by atoms with E-state index < -0.39 is 10.2 Å². The summed E-state index contributed by atoms with van der Waals surface area (Å²) in [5.74, 6) is 0.493. The first-order valence-corrected chi connectivity index (χ1v) is 12.5. The maximum Gasteiger partial charge on any atom is 0.220 e. The molecule has 0 bridgehead atoms. The van der Waals surface area contributed by atoms with Crippen molar-refractivity contribution in [1.82, 2.24) is 14.8 Å². The van der Waals surface area contributed by atoms with E-state index in [1.54, 1.807) is 24.3 Å². The minimum Gasteiger partial charge on any atom is -0.486 e. The Bertz CT molecular complexity index is 1390. The van der Waals surface area contributed by atoms with Crippen molar-refractivity contribution in [3.8, 4) is 11.4 Å². The van der Waals surface area contributed by atoms with Crippen molar-refractivity contribution in [2.45, 2.75) is 30.9 Å². The lowest BCUT2D eigenvalue weighted by Crippen LogP contribution is -2.11. The fourth-order valence-electron chi connectivity index (χ4n) is 3.64. The molecule has 0 unspecified atom stereocenters. The molecule has 1 aromatic heterocycles. The quantitative estimate of drug-likeness (QED) is 0.127. The third-order valence-electron chi connectivity index (χ3n) is 5.28. The van der Waals surface area contributed by atoms with Crippen LogP contribution in [-0.4, -0.2) is 26.2 Å². The van der Waals surface area contributed by atoms with Crippen molar-refractivity contribution < 1.29 is 14.1 Å². The van der Waals surface area contributed by atoms with Crippen LogP contribution >= 0.6 is 35.0 Å². The second-order valence-corrected chi connectivity index (χ2v) is 10.0. The van der Waals surface area contributed by atoms with Crippen LogP contribution in [0.4, 0.5) is 4.39 Å². The van der Waals surface area contributed by atoms with Gasteiger partial charge in [-0.1, -0.05) is 59.2 Å². The summed E-state index contributed by atoms with van der Waals surface area (Å²) in [6.45, 7) is 3.47. The van der Waals surface area contributed by atoms with Crippen LogP contribution in [0.2, 0.25) is 10.0 Å². The predicted octanol–water partition coefficient (Wildman–Crippen LogP) is 7.02. The summed E-state index contributed by atoms with van der Waals surface area (Å²) >= 11 is 14.1. The van der Waals surface area contributed by atoms with E-state index in [0.717, 1.165) is 11.3 Å². The molecule has 0 radical (unpaired) electrons. The van der Waals surface area contributed by atoms with Crippen LogP contribution < -0.4 is 4.74 Å². The molecule has 11 heteroatoms. The monoisotopic (exact) mass is 546 g/mol. The average molecular weight is 547 g/mol. The van der Waals surface area contributed by atoms with Gasteiger partial charge in [-0.2, -0.15) is 0 Å². The van der Waals surface area contributed by atoms with Gasteiger partial charge < -0.3 is 4.74 Å². The molecular formula is C25H21Cl2FN4O3S. The molecule has 0 aliphatic rings. The molecule has 0 saturated heterocycles. The summed E-state index contributed by atoms with van der Waals surface area (Å²) in [6.07, 6.45) is 0. The third-order valence-corrected chi connectivity index (χ3v) is 7.02. The molecule has 0 aliphatic heterocycles. The maximum absolute atomic E-state index is 13.5. The van der Waals surface area contributed by atoms with Crippen LogP contribution in [0.1, 0.15) is 27.8 Å². The van der Waals surface area contributed by atoms with E-state index in [-0.39, 0.29) is 34.8 Å². The number of aromatic nitrogens is 3. The van der Waals surface area contributed by atoms with Gasteiger partial charge in [0.05, 0.1) is 10.0 Å². The molecule has 4 aromatic rings. The van der Waals surface area contributed by atoms with Crippen LogP contribution in [0.15, 0.2) is 65.8 Å². The van der Waals surface area contributed by atoms with Crippen molar-refractivity contribution in [2.75, 3.05) is 6.54 Å². The normalized spacial score (nSPS) is 11.9. The Morgan fingerprint density at radius 1 is 1.08 bits per heavy atom. The molecule has 36 heavy (non-hydrogen) atoms. The first kappa shape index (κ1) is 25.9. The van der Waals surface area contributed by atoms with Gasteiger partial charge in [-0.3, -0.25) is 14.7 Å². The molecule has 0 spiro atoms. The summed E-state index contributed by atoms with van der Waals surface area (Å²) in [7, 11) is 0. The Labute approximate surface area is 221 Å². The predicted molar refractivity (Wildman–Crippen MR) is 138 cm³/mol. The van der Waals surface area contributed by atoms with Crippen molar-refractivity contribution in [3.63, 3.8) is 0 Å². The molecular weight excluding hydrogens is 526 g/mol. The number of hydrogen-bond acceptors (Lipinski definition) is 6. The fraction of sp³-hybridized carbons (Fsp3) is 0.200. The number of nitrogens with zero attached hydrogens (tertiary/aromatic N) is 4.